The molecule has 2 aromatic heterocycles. The number of amides is 2. The van der Waals surface area contributed by atoms with Crippen molar-refractivity contribution in [1.82, 2.24) is 24.4 Å². The molecule has 3 aromatic carbocycles. The molecule has 0 radical (unpaired) electrons. The summed E-state index contributed by atoms with van der Waals surface area (Å²) in [5, 5.41) is 7.16. The molecule has 6 rings (SSSR count). The number of aromatic nitrogens is 4. The van der Waals surface area contributed by atoms with Crippen LogP contribution in [0.5, 0.6) is 11.5 Å². The number of rotatable bonds is 5. The maximum atomic E-state index is 12.6. The number of hydrogen-bond donors (Lipinski definition) is 2. The van der Waals surface area contributed by atoms with Crippen molar-refractivity contribution < 1.29 is 14.3 Å². The van der Waals surface area contributed by atoms with Gasteiger partial charge in [0.1, 0.15) is 23.6 Å². The molecule has 1 fully saturated rings. The van der Waals surface area contributed by atoms with Crippen LogP contribution in [0.15, 0.2) is 67.3 Å². The molecule has 1 aliphatic heterocycles. The molecular formula is C28H27N7O3. The topological polar surface area (TPSA) is 106 Å². The molecule has 38 heavy (non-hydrogen) atoms. The zero-order valence-corrected chi connectivity index (χ0v) is 21.1. The number of nitrogens with one attached hydrogen (secondary N) is 2. The first kappa shape index (κ1) is 23.7. The molecule has 0 saturated carbocycles. The predicted octanol–water partition coefficient (Wildman–Crippen LogP) is 5.22. The van der Waals surface area contributed by atoms with Crippen molar-refractivity contribution in [2.24, 2.45) is 7.05 Å². The van der Waals surface area contributed by atoms with E-state index < -0.39 is 0 Å². The maximum Gasteiger partial charge on any atom is 0.321 e. The number of anilines is 3. The van der Waals surface area contributed by atoms with E-state index in [0.717, 1.165) is 44.7 Å². The first-order valence-corrected chi connectivity index (χ1v) is 12.4. The normalized spacial score (nSPS) is 13.6. The number of urea groups is 1. The molecule has 2 amide bonds. The molecular weight excluding hydrogens is 482 g/mol. The third-order valence-corrected chi connectivity index (χ3v) is 6.55. The van der Waals surface area contributed by atoms with E-state index in [0.29, 0.717) is 37.8 Å². The van der Waals surface area contributed by atoms with Crippen molar-refractivity contribution in [1.29, 1.82) is 0 Å². The fourth-order valence-electron chi connectivity index (χ4n) is 4.49. The lowest BCUT2D eigenvalue weighted by Crippen LogP contribution is -2.43. The summed E-state index contributed by atoms with van der Waals surface area (Å²) in [5.41, 5.74) is 5.21. The Labute approximate surface area is 219 Å². The third kappa shape index (κ3) is 4.81. The molecule has 10 nitrogen and oxygen atoms in total. The van der Waals surface area contributed by atoms with Gasteiger partial charge in [0, 0.05) is 43.0 Å². The quantitative estimate of drug-likeness (QED) is 0.334. The zero-order chi connectivity index (χ0) is 26.1. The van der Waals surface area contributed by atoms with Crippen molar-refractivity contribution in [2.75, 3.05) is 36.9 Å². The minimum atomic E-state index is -0.146. The number of fused-ring (bicyclic) bond motifs is 2. The van der Waals surface area contributed by atoms with Crippen LogP contribution in [-0.4, -0.2) is 56.8 Å². The average Bonchev–Trinajstić information content (AvgIpc) is 3.31. The van der Waals surface area contributed by atoms with Crippen LogP contribution >= 0.6 is 0 Å². The SMILES string of the molecule is Cc1cc(Nc2ncnc3ccc(NC(=O)N4CCOCC4)cc23)ccc1Oc1ccc2c(c1)ncn2C. The van der Waals surface area contributed by atoms with Crippen molar-refractivity contribution in [3.8, 4) is 11.5 Å². The summed E-state index contributed by atoms with van der Waals surface area (Å²) in [5.74, 6) is 2.13. The molecule has 0 bridgehead atoms. The number of aryl methyl sites for hydroxylation is 2. The summed E-state index contributed by atoms with van der Waals surface area (Å²) in [7, 11) is 1.97. The Balaban J connectivity index is 1.20. The summed E-state index contributed by atoms with van der Waals surface area (Å²) >= 11 is 0. The highest BCUT2D eigenvalue weighted by atomic mass is 16.5. The number of benzene rings is 3. The Morgan fingerprint density at radius 1 is 0.947 bits per heavy atom. The first-order chi connectivity index (χ1) is 18.5. The van der Waals surface area contributed by atoms with Crippen LogP contribution in [0.1, 0.15) is 5.56 Å². The summed E-state index contributed by atoms with van der Waals surface area (Å²) in [6, 6.07) is 17.2. The van der Waals surface area contributed by atoms with Gasteiger partial charge in [-0.25, -0.2) is 19.7 Å². The fraction of sp³-hybridized carbons (Fsp3) is 0.214. The van der Waals surface area contributed by atoms with E-state index in [1.54, 1.807) is 11.2 Å². The van der Waals surface area contributed by atoms with Gasteiger partial charge in [-0.3, -0.25) is 0 Å². The molecule has 3 heterocycles. The van der Waals surface area contributed by atoms with E-state index in [1.807, 2.05) is 73.1 Å². The van der Waals surface area contributed by atoms with Crippen molar-refractivity contribution in [3.63, 3.8) is 0 Å². The second kappa shape index (κ2) is 9.98. The molecule has 0 atom stereocenters. The van der Waals surface area contributed by atoms with Crippen LogP contribution in [0.3, 0.4) is 0 Å². The van der Waals surface area contributed by atoms with E-state index in [4.69, 9.17) is 9.47 Å². The largest absolute Gasteiger partial charge is 0.457 e. The monoisotopic (exact) mass is 509 g/mol. The molecule has 1 aliphatic rings. The minimum absolute atomic E-state index is 0.146. The highest BCUT2D eigenvalue weighted by molar-refractivity contribution is 5.96. The second-order valence-corrected chi connectivity index (χ2v) is 9.20. The lowest BCUT2D eigenvalue weighted by Gasteiger charge is -2.27. The third-order valence-electron chi connectivity index (χ3n) is 6.55. The van der Waals surface area contributed by atoms with Crippen LogP contribution in [0.2, 0.25) is 0 Å². The zero-order valence-electron chi connectivity index (χ0n) is 21.1. The standard InChI is InChI=1S/C28H27N7O3/c1-18-13-19(4-8-26(18)38-21-5-7-25-24(15-21)31-17-34(25)2)32-27-22-14-20(3-6-23(22)29-16-30-27)33-28(36)35-9-11-37-12-10-35/h3-8,13-17H,9-12H2,1-2H3,(H,33,36)(H,29,30,32). The molecule has 2 N–H and O–H groups in total. The highest BCUT2D eigenvalue weighted by Gasteiger charge is 2.17. The molecule has 10 heteroatoms. The smallest absolute Gasteiger partial charge is 0.321 e. The fourth-order valence-corrected chi connectivity index (χ4v) is 4.49. The van der Waals surface area contributed by atoms with E-state index >= 15 is 0 Å². The molecule has 0 unspecified atom stereocenters. The summed E-state index contributed by atoms with van der Waals surface area (Å²) < 4.78 is 13.5. The number of imidazole rings is 1. The Morgan fingerprint density at radius 2 is 1.79 bits per heavy atom. The predicted molar refractivity (Wildman–Crippen MR) is 146 cm³/mol. The van der Waals surface area contributed by atoms with E-state index in [-0.39, 0.29) is 6.03 Å². The maximum absolute atomic E-state index is 12.6. The Kier molecular flexibility index (Phi) is 6.22. The van der Waals surface area contributed by atoms with Crippen LogP contribution < -0.4 is 15.4 Å². The van der Waals surface area contributed by atoms with Crippen LogP contribution in [0, 0.1) is 6.92 Å². The number of morpholine rings is 1. The lowest BCUT2D eigenvalue weighted by molar-refractivity contribution is 0.0564. The second-order valence-electron chi connectivity index (χ2n) is 9.20. The lowest BCUT2D eigenvalue weighted by atomic mass is 10.1. The molecule has 0 spiro atoms. The first-order valence-electron chi connectivity index (χ1n) is 12.4. The van der Waals surface area contributed by atoms with Gasteiger partial charge in [-0.1, -0.05) is 0 Å². The van der Waals surface area contributed by atoms with Gasteiger partial charge in [0.15, 0.2) is 0 Å². The molecule has 0 aliphatic carbocycles. The van der Waals surface area contributed by atoms with Gasteiger partial charge in [-0.05, 0) is 61.0 Å². The summed E-state index contributed by atoms with van der Waals surface area (Å²) in [6.07, 6.45) is 3.31. The van der Waals surface area contributed by atoms with E-state index in [2.05, 4.69) is 25.6 Å². The van der Waals surface area contributed by atoms with Crippen molar-refractivity contribution in [2.45, 2.75) is 6.92 Å². The number of ether oxygens (including phenoxy) is 2. The number of carbonyl (C=O) groups is 1. The Bertz CT molecular complexity index is 1640. The number of nitrogens with zero attached hydrogens (tertiary/aromatic N) is 5. The van der Waals surface area contributed by atoms with Gasteiger partial charge in [0.2, 0.25) is 0 Å². The van der Waals surface area contributed by atoms with Crippen LogP contribution in [-0.2, 0) is 11.8 Å². The molecule has 5 aromatic rings. The number of carbonyl (C=O) groups excluding carboxylic acids is 1. The average molecular weight is 510 g/mol. The Hall–Kier alpha value is -4.70. The van der Waals surface area contributed by atoms with Gasteiger partial charge < -0.3 is 29.6 Å². The van der Waals surface area contributed by atoms with E-state index in [1.165, 1.54) is 6.33 Å². The van der Waals surface area contributed by atoms with Gasteiger partial charge in [-0.15, -0.1) is 0 Å². The van der Waals surface area contributed by atoms with Crippen LogP contribution in [0.4, 0.5) is 22.0 Å². The summed E-state index contributed by atoms with van der Waals surface area (Å²) in [6.45, 7) is 4.25. The molecule has 1 saturated heterocycles. The van der Waals surface area contributed by atoms with Gasteiger partial charge in [0.05, 0.1) is 36.1 Å². The highest BCUT2D eigenvalue weighted by Crippen LogP contribution is 2.31. The molecule has 192 valence electrons. The number of hydrogen-bond acceptors (Lipinski definition) is 7. The van der Waals surface area contributed by atoms with E-state index in [9.17, 15) is 4.79 Å². The van der Waals surface area contributed by atoms with Crippen molar-refractivity contribution >= 4 is 45.2 Å². The van der Waals surface area contributed by atoms with Gasteiger partial charge in [0.25, 0.3) is 0 Å². The van der Waals surface area contributed by atoms with Crippen LogP contribution in [0.25, 0.3) is 21.9 Å². The minimum Gasteiger partial charge on any atom is -0.457 e. The summed E-state index contributed by atoms with van der Waals surface area (Å²) in [4.78, 5) is 27.6. The Morgan fingerprint density at radius 3 is 2.63 bits per heavy atom. The van der Waals surface area contributed by atoms with Crippen molar-refractivity contribution in [3.05, 3.63) is 72.8 Å². The van der Waals surface area contributed by atoms with Gasteiger partial charge in [-0.2, -0.15) is 0 Å². The van der Waals surface area contributed by atoms with Gasteiger partial charge >= 0.3 is 6.03 Å².